The monoisotopic (exact) mass is 247 g/mol. The summed E-state index contributed by atoms with van der Waals surface area (Å²) in [4.78, 5) is 14.5. The lowest BCUT2D eigenvalue weighted by Gasteiger charge is -2.28. The van der Waals surface area contributed by atoms with Gasteiger partial charge in [-0.3, -0.25) is 4.79 Å². The van der Waals surface area contributed by atoms with Crippen molar-refractivity contribution in [1.29, 1.82) is 0 Å². The molecule has 0 bridgehead atoms. The summed E-state index contributed by atoms with van der Waals surface area (Å²) in [7, 11) is 0. The topological polar surface area (TPSA) is 72.3 Å². The summed E-state index contributed by atoms with van der Waals surface area (Å²) in [5, 5.41) is 0. The molecule has 4 N–H and O–H groups in total. The number of nitrogens with two attached hydrogens (primary N) is 2. The molecule has 4 heteroatoms. The molecule has 0 radical (unpaired) electrons. The number of carbonyl (C=O) groups excluding carboxylic acids is 1. The molecule has 0 aliphatic carbocycles. The number of hydrogen-bond acceptors (Lipinski definition) is 3. The first-order valence-corrected chi connectivity index (χ1v) is 6.52. The number of rotatable bonds is 2. The van der Waals surface area contributed by atoms with Crippen LogP contribution in [0.5, 0.6) is 0 Å². The van der Waals surface area contributed by atoms with Crippen LogP contribution in [0.15, 0.2) is 18.2 Å². The van der Waals surface area contributed by atoms with E-state index in [2.05, 4.69) is 13.8 Å². The van der Waals surface area contributed by atoms with Gasteiger partial charge in [0, 0.05) is 23.5 Å². The number of anilines is 2. The van der Waals surface area contributed by atoms with Crippen molar-refractivity contribution in [3.63, 3.8) is 0 Å². The van der Waals surface area contributed by atoms with Gasteiger partial charge in [0.2, 0.25) is 0 Å². The first kappa shape index (κ1) is 12.7. The van der Waals surface area contributed by atoms with Gasteiger partial charge in [-0.15, -0.1) is 0 Å². The molecular weight excluding hydrogens is 226 g/mol. The molecule has 1 amide bonds. The number of amides is 1. The second kappa shape index (κ2) is 4.88. The van der Waals surface area contributed by atoms with E-state index >= 15 is 0 Å². The van der Waals surface area contributed by atoms with E-state index in [1.807, 2.05) is 4.90 Å². The Balaban J connectivity index is 2.30. The number of hydrogen-bond donors (Lipinski definition) is 2. The highest BCUT2D eigenvalue weighted by atomic mass is 16.2. The quantitative estimate of drug-likeness (QED) is 0.787. The molecule has 2 atom stereocenters. The molecule has 1 aromatic rings. The average Bonchev–Trinajstić information content (AvgIpc) is 2.69. The summed E-state index contributed by atoms with van der Waals surface area (Å²) in [5.41, 5.74) is 13.2. The van der Waals surface area contributed by atoms with E-state index in [0.29, 0.717) is 29.0 Å². The number of nitrogens with zero attached hydrogens (tertiary/aromatic N) is 1. The summed E-state index contributed by atoms with van der Waals surface area (Å²) in [6.07, 6.45) is 3.14. The molecule has 2 unspecified atom stereocenters. The number of carbonyl (C=O) groups is 1. The summed E-state index contributed by atoms with van der Waals surface area (Å²) in [6.45, 7) is 4.22. The van der Waals surface area contributed by atoms with Crippen molar-refractivity contribution < 1.29 is 4.79 Å². The maximum absolute atomic E-state index is 12.6. The summed E-state index contributed by atoms with van der Waals surface area (Å²) in [5.74, 6) is 0.0318. The Bertz CT molecular complexity index is 458. The molecular formula is C14H21N3O. The maximum atomic E-state index is 12.6. The molecule has 0 aromatic heterocycles. The van der Waals surface area contributed by atoms with Gasteiger partial charge in [-0.25, -0.2) is 0 Å². The third kappa shape index (κ3) is 2.15. The minimum absolute atomic E-state index is 0.0318. The smallest absolute Gasteiger partial charge is 0.256 e. The van der Waals surface area contributed by atoms with Crippen molar-refractivity contribution in [2.75, 3.05) is 11.5 Å². The van der Waals surface area contributed by atoms with Crippen LogP contribution < -0.4 is 11.5 Å². The molecule has 18 heavy (non-hydrogen) atoms. The Morgan fingerprint density at radius 3 is 2.72 bits per heavy atom. The Morgan fingerprint density at radius 2 is 2.11 bits per heavy atom. The first-order valence-electron chi connectivity index (χ1n) is 6.52. The van der Waals surface area contributed by atoms with Gasteiger partial charge in [0.1, 0.15) is 0 Å². The van der Waals surface area contributed by atoms with Gasteiger partial charge < -0.3 is 16.4 Å². The molecule has 2 rings (SSSR count). The largest absolute Gasteiger partial charge is 0.399 e. The van der Waals surface area contributed by atoms with Crippen LogP contribution in [0, 0.1) is 0 Å². The lowest BCUT2D eigenvalue weighted by Crippen LogP contribution is -2.40. The van der Waals surface area contributed by atoms with Crippen LogP contribution in [0.4, 0.5) is 11.4 Å². The van der Waals surface area contributed by atoms with E-state index in [1.165, 1.54) is 0 Å². The van der Waals surface area contributed by atoms with Gasteiger partial charge in [0.25, 0.3) is 5.91 Å². The number of likely N-dealkylation sites (tertiary alicyclic amines) is 1. The van der Waals surface area contributed by atoms with Crippen LogP contribution in [0.25, 0.3) is 0 Å². The maximum Gasteiger partial charge on any atom is 0.256 e. The van der Waals surface area contributed by atoms with Crippen LogP contribution in [0.3, 0.4) is 0 Å². The molecule has 4 nitrogen and oxygen atoms in total. The SMILES string of the molecule is CCC1CCC(C)N1C(=O)c1ccc(N)cc1N. The molecule has 0 saturated carbocycles. The van der Waals surface area contributed by atoms with E-state index in [0.717, 1.165) is 19.3 Å². The minimum Gasteiger partial charge on any atom is -0.399 e. The van der Waals surface area contributed by atoms with Crippen LogP contribution in [-0.4, -0.2) is 22.9 Å². The van der Waals surface area contributed by atoms with Gasteiger partial charge in [0.05, 0.1) is 5.56 Å². The van der Waals surface area contributed by atoms with Crippen LogP contribution in [0.1, 0.15) is 43.5 Å². The average molecular weight is 247 g/mol. The fraction of sp³-hybridized carbons (Fsp3) is 0.500. The Hall–Kier alpha value is -1.71. The number of benzene rings is 1. The highest BCUT2D eigenvalue weighted by molar-refractivity contribution is 6.00. The van der Waals surface area contributed by atoms with Crippen LogP contribution in [0.2, 0.25) is 0 Å². The zero-order chi connectivity index (χ0) is 13.3. The van der Waals surface area contributed by atoms with E-state index in [-0.39, 0.29) is 5.91 Å². The fourth-order valence-electron chi connectivity index (χ4n) is 2.75. The fourth-order valence-corrected chi connectivity index (χ4v) is 2.75. The second-order valence-electron chi connectivity index (χ2n) is 5.05. The molecule has 0 spiro atoms. The van der Waals surface area contributed by atoms with Crippen molar-refractivity contribution in [3.05, 3.63) is 23.8 Å². The summed E-state index contributed by atoms with van der Waals surface area (Å²) < 4.78 is 0. The number of nitrogen functional groups attached to an aromatic ring is 2. The van der Waals surface area contributed by atoms with Gasteiger partial charge >= 0.3 is 0 Å². The zero-order valence-electron chi connectivity index (χ0n) is 11.0. The van der Waals surface area contributed by atoms with E-state index < -0.39 is 0 Å². The predicted molar refractivity (Wildman–Crippen MR) is 74.2 cm³/mol. The Labute approximate surface area is 108 Å². The van der Waals surface area contributed by atoms with Crippen molar-refractivity contribution in [2.24, 2.45) is 0 Å². The van der Waals surface area contributed by atoms with Gasteiger partial charge in [-0.2, -0.15) is 0 Å². The Morgan fingerprint density at radius 1 is 1.39 bits per heavy atom. The van der Waals surface area contributed by atoms with Crippen molar-refractivity contribution in [3.8, 4) is 0 Å². The molecule has 1 saturated heterocycles. The van der Waals surface area contributed by atoms with E-state index in [4.69, 9.17) is 11.5 Å². The molecule has 98 valence electrons. The van der Waals surface area contributed by atoms with Crippen LogP contribution in [-0.2, 0) is 0 Å². The second-order valence-corrected chi connectivity index (χ2v) is 5.05. The summed E-state index contributed by atoms with van der Waals surface area (Å²) >= 11 is 0. The lowest BCUT2D eigenvalue weighted by molar-refractivity contribution is 0.0677. The lowest BCUT2D eigenvalue weighted by atomic mass is 10.1. The molecule has 1 aliphatic rings. The highest BCUT2D eigenvalue weighted by Crippen LogP contribution is 2.29. The molecule has 1 heterocycles. The standard InChI is InChI=1S/C14H21N3O/c1-3-11-6-4-9(2)17(11)14(18)12-7-5-10(15)8-13(12)16/h5,7-9,11H,3-4,6,15-16H2,1-2H3. The summed E-state index contributed by atoms with van der Waals surface area (Å²) in [6, 6.07) is 5.73. The van der Waals surface area contributed by atoms with Gasteiger partial charge in [-0.1, -0.05) is 6.92 Å². The molecule has 1 aromatic carbocycles. The first-order chi connectivity index (χ1) is 8.54. The molecule has 1 fully saturated rings. The highest BCUT2D eigenvalue weighted by Gasteiger charge is 2.34. The van der Waals surface area contributed by atoms with Crippen molar-refractivity contribution >= 4 is 17.3 Å². The van der Waals surface area contributed by atoms with Gasteiger partial charge in [-0.05, 0) is 44.4 Å². The van der Waals surface area contributed by atoms with E-state index in [9.17, 15) is 4.79 Å². The van der Waals surface area contributed by atoms with E-state index in [1.54, 1.807) is 18.2 Å². The zero-order valence-corrected chi connectivity index (χ0v) is 11.0. The van der Waals surface area contributed by atoms with Crippen molar-refractivity contribution in [2.45, 2.75) is 45.2 Å². The third-order valence-electron chi connectivity index (χ3n) is 3.80. The Kier molecular flexibility index (Phi) is 3.45. The van der Waals surface area contributed by atoms with Crippen LogP contribution >= 0.6 is 0 Å². The minimum atomic E-state index is 0.0318. The third-order valence-corrected chi connectivity index (χ3v) is 3.80. The molecule has 1 aliphatic heterocycles. The normalized spacial score (nSPS) is 23.3. The van der Waals surface area contributed by atoms with Gasteiger partial charge in [0.15, 0.2) is 0 Å². The predicted octanol–water partition coefficient (Wildman–Crippen LogP) is 2.25. The van der Waals surface area contributed by atoms with Crippen molar-refractivity contribution in [1.82, 2.24) is 4.90 Å².